The second-order valence-electron chi connectivity index (χ2n) is 7.51. The molecule has 5 heteroatoms. The van der Waals surface area contributed by atoms with Crippen molar-refractivity contribution < 1.29 is 19.2 Å². The summed E-state index contributed by atoms with van der Waals surface area (Å²) in [6.07, 6.45) is 0. The van der Waals surface area contributed by atoms with Gasteiger partial charge in [0.2, 0.25) is 0 Å². The van der Waals surface area contributed by atoms with Crippen LogP contribution in [0.25, 0.3) is 0 Å². The van der Waals surface area contributed by atoms with Crippen LogP contribution in [0.2, 0.25) is 0 Å². The molecule has 0 aliphatic heterocycles. The minimum Gasteiger partial charge on any atom is -0.489 e. The molecule has 0 fully saturated rings. The zero-order chi connectivity index (χ0) is 21.2. The molecule has 0 aliphatic rings. The van der Waals surface area contributed by atoms with Crippen LogP contribution < -0.4 is 19.7 Å². The van der Waals surface area contributed by atoms with Gasteiger partial charge >= 0.3 is 0 Å². The molecule has 1 amide bonds. The molecule has 0 aromatic heterocycles. The fourth-order valence-corrected chi connectivity index (χ4v) is 2.96. The SMILES string of the molecule is C[NH+](C)Cc1ccc(CNC(=O)COc2ccc(OCc3ccccc3)cc2)cc1. The summed E-state index contributed by atoms with van der Waals surface area (Å²) < 4.78 is 11.3. The lowest BCUT2D eigenvalue weighted by Gasteiger charge is -2.10. The number of carbonyl (C=O) groups excluding carboxylic acids is 1. The average molecular weight is 406 g/mol. The van der Waals surface area contributed by atoms with E-state index in [1.807, 2.05) is 54.6 Å². The van der Waals surface area contributed by atoms with E-state index in [4.69, 9.17) is 9.47 Å². The van der Waals surface area contributed by atoms with Crippen LogP contribution in [-0.2, 0) is 24.5 Å². The van der Waals surface area contributed by atoms with Gasteiger partial charge in [0.05, 0.1) is 14.1 Å². The summed E-state index contributed by atoms with van der Waals surface area (Å²) in [5.74, 6) is 1.24. The molecular formula is C25H29N2O3+. The second-order valence-corrected chi connectivity index (χ2v) is 7.51. The average Bonchev–Trinajstić information content (AvgIpc) is 2.77. The lowest BCUT2D eigenvalue weighted by atomic mass is 10.1. The Morgan fingerprint density at radius 3 is 2.00 bits per heavy atom. The van der Waals surface area contributed by atoms with Gasteiger partial charge in [-0.25, -0.2) is 0 Å². The molecule has 2 N–H and O–H groups in total. The molecule has 3 aromatic rings. The van der Waals surface area contributed by atoms with Crippen LogP contribution in [0.3, 0.4) is 0 Å². The van der Waals surface area contributed by atoms with Crippen LogP contribution >= 0.6 is 0 Å². The molecule has 156 valence electrons. The van der Waals surface area contributed by atoms with Crippen molar-refractivity contribution in [3.8, 4) is 11.5 Å². The van der Waals surface area contributed by atoms with E-state index >= 15 is 0 Å². The van der Waals surface area contributed by atoms with Crippen molar-refractivity contribution in [2.75, 3.05) is 20.7 Å². The van der Waals surface area contributed by atoms with Gasteiger partial charge in [-0.15, -0.1) is 0 Å². The highest BCUT2D eigenvalue weighted by Crippen LogP contribution is 2.18. The lowest BCUT2D eigenvalue weighted by Crippen LogP contribution is -3.04. The number of carbonyl (C=O) groups is 1. The first kappa shape index (κ1) is 21.4. The molecule has 0 heterocycles. The predicted molar refractivity (Wildman–Crippen MR) is 118 cm³/mol. The van der Waals surface area contributed by atoms with Crippen LogP contribution in [0.4, 0.5) is 0 Å². The number of quaternary nitrogens is 1. The molecule has 0 spiro atoms. The Balaban J connectivity index is 1.38. The van der Waals surface area contributed by atoms with Gasteiger partial charge in [0.15, 0.2) is 6.61 Å². The summed E-state index contributed by atoms with van der Waals surface area (Å²) in [5.41, 5.74) is 3.47. The maximum Gasteiger partial charge on any atom is 0.258 e. The van der Waals surface area contributed by atoms with Crippen molar-refractivity contribution in [1.29, 1.82) is 0 Å². The van der Waals surface area contributed by atoms with Gasteiger partial charge in [-0.1, -0.05) is 54.6 Å². The third-order valence-electron chi connectivity index (χ3n) is 4.51. The molecule has 3 aromatic carbocycles. The molecule has 0 atom stereocenters. The molecule has 3 rings (SSSR count). The fraction of sp³-hybridized carbons (Fsp3) is 0.240. The van der Waals surface area contributed by atoms with Crippen LogP contribution in [-0.4, -0.2) is 26.6 Å². The number of amides is 1. The highest BCUT2D eigenvalue weighted by Gasteiger charge is 2.05. The molecule has 0 radical (unpaired) electrons. The first-order valence-corrected chi connectivity index (χ1v) is 10.1. The second kappa shape index (κ2) is 11.0. The molecular weight excluding hydrogens is 376 g/mol. The van der Waals surface area contributed by atoms with Crippen LogP contribution in [0, 0.1) is 0 Å². The number of ether oxygens (including phenoxy) is 2. The summed E-state index contributed by atoms with van der Waals surface area (Å²) in [4.78, 5) is 13.4. The first-order chi connectivity index (χ1) is 14.6. The summed E-state index contributed by atoms with van der Waals surface area (Å²) >= 11 is 0. The smallest absolute Gasteiger partial charge is 0.258 e. The Labute approximate surface area is 178 Å². The van der Waals surface area contributed by atoms with Crippen LogP contribution in [0.1, 0.15) is 16.7 Å². The molecule has 30 heavy (non-hydrogen) atoms. The van der Waals surface area contributed by atoms with Crippen molar-refractivity contribution in [1.82, 2.24) is 5.32 Å². The Morgan fingerprint density at radius 1 is 0.767 bits per heavy atom. The molecule has 5 nitrogen and oxygen atoms in total. The van der Waals surface area contributed by atoms with Gasteiger partial charge in [0.25, 0.3) is 5.91 Å². The standard InChI is InChI=1S/C25H28N2O3/c1-27(2)17-21-10-8-20(9-11-21)16-26-25(28)19-30-24-14-12-23(13-15-24)29-18-22-6-4-3-5-7-22/h3-15H,16-19H2,1-2H3,(H,26,28)/p+1. The Bertz CT molecular complexity index is 907. The van der Waals surface area contributed by atoms with E-state index in [0.717, 1.165) is 23.4 Å². The zero-order valence-corrected chi connectivity index (χ0v) is 17.6. The van der Waals surface area contributed by atoms with E-state index in [9.17, 15) is 4.79 Å². The van der Waals surface area contributed by atoms with Gasteiger partial charge in [0.1, 0.15) is 24.7 Å². The maximum atomic E-state index is 12.1. The maximum absolute atomic E-state index is 12.1. The van der Waals surface area contributed by atoms with Crippen molar-refractivity contribution >= 4 is 5.91 Å². The molecule has 0 unspecified atom stereocenters. The van der Waals surface area contributed by atoms with E-state index in [2.05, 4.69) is 31.5 Å². The van der Waals surface area contributed by atoms with E-state index < -0.39 is 0 Å². The minimum atomic E-state index is -0.152. The number of hydrogen-bond acceptors (Lipinski definition) is 3. The van der Waals surface area contributed by atoms with Crippen molar-refractivity contribution in [3.63, 3.8) is 0 Å². The van der Waals surface area contributed by atoms with E-state index in [-0.39, 0.29) is 12.5 Å². The third kappa shape index (κ3) is 7.26. The van der Waals surface area contributed by atoms with Crippen LogP contribution in [0.5, 0.6) is 11.5 Å². The minimum absolute atomic E-state index is 0.0215. The molecule has 0 saturated heterocycles. The van der Waals surface area contributed by atoms with Gasteiger partial charge < -0.3 is 19.7 Å². The summed E-state index contributed by atoms with van der Waals surface area (Å²) in [6.45, 7) is 1.97. The molecule has 0 saturated carbocycles. The Morgan fingerprint density at radius 2 is 1.37 bits per heavy atom. The summed E-state index contributed by atoms with van der Waals surface area (Å²) in [5, 5.41) is 2.89. The highest BCUT2D eigenvalue weighted by atomic mass is 16.5. The number of nitrogens with one attached hydrogen (secondary N) is 2. The molecule has 0 aliphatic carbocycles. The zero-order valence-electron chi connectivity index (χ0n) is 17.6. The molecule has 0 bridgehead atoms. The quantitative estimate of drug-likeness (QED) is 0.545. The van der Waals surface area contributed by atoms with Crippen molar-refractivity contribution in [2.45, 2.75) is 19.7 Å². The number of rotatable bonds is 10. The Kier molecular flexibility index (Phi) is 7.86. The van der Waals surface area contributed by atoms with Crippen molar-refractivity contribution in [2.24, 2.45) is 0 Å². The third-order valence-corrected chi connectivity index (χ3v) is 4.51. The summed E-state index contributed by atoms with van der Waals surface area (Å²) in [6, 6.07) is 25.6. The fourth-order valence-electron chi connectivity index (χ4n) is 2.96. The van der Waals surface area contributed by atoms with Gasteiger partial charge in [-0.05, 0) is 35.4 Å². The topological polar surface area (TPSA) is 52.0 Å². The monoisotopic (exact) mass is 405 g/mol. The number of hydrogen-bond donors (Lipinski definition) is 2. The largest absolute Gasteiger partial charge is 0.489 e. The summed E-state index contributed by atoms with van der Waals surface area (Å²) in [7, 11) is 4.25. The Hall–Kier alpha value is -3.31. The van der Waals surface area contributed by atoms with Gasteiger partial charge in [-0.2, -0.15) is 0 Å². The van der Waals surface area contributed by atoms with E-state index in [1.165, 1.54) is 10.5 Å². The van der Waals surface area contributed by atoms with Gasteiger partial charge in [-0.3, -0.25) is 4.79 Å². The predicted octanol–water partition coefficient (Wildman–Crippen LogP) is 2.61. The normalized spacial score (nSPS) is 10.6. The van der Waals surface area contributed by atoms with E-state index in [1.54, 1.807) is 12.1 Å². The number of benzene rings is 3. The first-order valence-electron chi connectivity index (χ1n) is 10.1. The highest BCUT2D eigenvalue weighted by molar-refractivity contribution is 5.77. The lowest BCUT2D eigenvalue weighted by molar-refractivity contribution is -0.872. The van der Waals surface area contributed by atoms with Gasteiger partial charge in [0, 0.05) is 12.1 Å². The van der Waals surface area contributed by atoms with Crippen LogP contribution in [0.15, 0.2) is 78.9 Å². The van der Waals surface area contributed by atoms with E-state index in [0.29, 0.717) is 18.9 Å². The van der Waals surface area contributed by atoms with Crippen molar-refractivity contribution in [3.05, 3.63) is 95.6 Å².